The Labute approximate surface area is 95.6 Å². The van der Waals surface area contributed by atoms with E-state index >= 15 is 0 Å². The van der Waals surface area contributed by atoms with E-state index in [2.05, 4.69) is 20.8 Å². The fourth-order valence-corrected chi connectivity index (χ4v) is 2.56. The molecular formula is C14H28O. The molecule has 0 saturated carbocycles. The average molecular weight is 212 g/mol. The summed E-state index contributed by atoms with van der Waals surface area (Å²) in [4.78, 5) is 0. The van der Waals surface area contributed by atoms with Gasteiger partial charge in [0.25, 0.3) is 0 Å². The third-order valence-electron chi connectivity index (χ3n) is 3.69. The van der Waals surface area contributed by atoms with Gasteiger partial charge in [0.1, 0.15) is 0 Å². The molecule has 0 aromatic carbocycles. The van der Waals surface area contributed by atoms with E-state index < -0.39 is 0 Å². The van der Waals surface area contributed by atoms with Crippen LogP contribution in [0.3, 0.4) is 0 Å². The van der Waals surface area contributed by atoms with Crippen molar-refractivity contribution in [1.82, 2.24) is 0 Å². The largest absolute Gasteiger partial charge is 0.378 e. The zero-order chi connectivity index (χ0) is 11.1. The first kappa shape index (κ1) is 13.0. The zero-order valence-electron chi connectivity index (χ0n) is 10.8. The van der Waals surface area contributed by atoms with Crippen molar-refractivity contribution in [2.45, 2.75) is 71.8 Å². The summed E-state index contributed by atoms with van der Waals surface area (Å²) in [5.74, 6) is 1.79. The molecule has 1 aliphatic heterocycles. The lowest BCUT2D eigenvalue weighted by atomic mass is 9.91. The number of ether oxygens (including phenoxy) is 1. The van der Waals surface area contributed by atoms with E-state index in [1.165, 1.54) is 44.9 Å². The maximum absolute atomic E-state index is 5.70. The van der Waals surface area contributed by atoms with Gasteiger partial charge in [-0.15, -0.1) is 0 Å². The molecule has 1 saturated heterocycles. The Morgan fingerprint density at radius 1 is 1.27 bits per heavy atom. The molecule has 15 heavy (non-hydrogen) atoms. The maximum atomic E-state index is 5.70. The van der Waals surface area contributed by atoms with Crippen molar-refractivity contribution >= 4 is 0 Å². The molecular weight excluding hydrogens is 184 g/mol. The van der Waals surface area contributed by atoms with Gasteiger partial charge in [0.15, 0.2) is 0 Å². The van der Waals surface area contributed by atoms with Gasteiger partial charge in [-0.3, -0.25) is 0 Å². The lowest BCUT2D eigenvalue weighted by Crippen LogP contribution is -2.23. The molecule has 0 radical (unpaired) electrons. The van der Waals surface area contributed by atoms with Gasteiger partial charge in [0.05, 0.1) is 6.10 Å². The van der Waals surface area contributed by atoms with Crippen molar-refractivity contribution in [3.63, 3.8) is 0 Å². The first-order chi connectivity index (χ1) is 7.22. The summed E-state index contributed by atoms with van der Waals surface area (Å²) in [5, 5.41) is 0. The molecule has 90 valence electrons. The van der Waals surface area contributed by atoms with Gasteiger partial charge in [-0.2, -0.15) is 0 Å². The molecule has 0 aliphatic carbocycles. The molecule has 0 N–H and O–H groups in total. The van der Waals surface area contributed by atoms with Crippen LogP contribution < -0.4 is 0 Å². The molecule has 1 rings (SSSR count). The van der Waals surface area contributed by atoms with E-state index in [4.69, 9.17) is 4.74 Å². The zero-order valence-corrected chi connectivity index (χ0v) is 10.8. The lowest BCUT2D eigenvalue weighted by Gasteiger charge is -2.27. The average Bonchev–Trinajstić information content (AvgIpc) is 2.21. The van der Waals surface area contributed by atoms with E-state index in [1.807, 2.05) is 0 Å². The Morgan fingerprint density at radius 2 is 2.07 bits per heavy atom. The van der Waals surface area contributed by atoms with Crippen LogP contribution in [0.2, 0.25) is 0 Å². The summed E-state index contributed by atoms with van der Waals surface area (Å²) in [6.07, 6.45) is 10.1. The van der Waals surface area contributed by atoms with E-state index in [-0.39, 0.29) is 0 Å². The molecule has 1 nitrogen and oxygen atoms in total. The predicted molar refractivity (Wildman–Crippen MR) is 66.1 cm³/mol. The fraction of sp³-hybridized carbons (Fsp3) is 1.00. The van der Waals surface area contributed by atoms with Gasteiger partial charge in [-0.05, 0) is 38.0 Å². The van der Waals surface area contributed by atoms with Crippen LogP contribution in [0.25, 0.3) is 0 Å². The van der Waals surface area contributed by atoms with Crippen molar-refractivity contribution in [1.29, 1.82) is 0 Å². The smallest absolute Gasteiger partial charge is 0.0547 e. The van der Waals surface area contributed by atoms with Gasteiger partial charge >= 0.3 is 0 Å². The van der Waals surface area contributed by atoms with Crippen molar-refractivity contribution in [3.05, 3.63) is 0 Å². The molecule has 1 heteroatoms. The Morgan fingerprint density at radius 3 is 2.67 bits per heavy atom. The van der Waals surface area contributed by atoms with Crippen LogP contribution in [-0.2, 0) is 4.74 Å². The van der Waals surface area contributed by atoms with E-state index in [9.17, 15) is 0 Å². The SMILES string of the molecule is CCCC(C)CCCC1CCC(C)OC1. The van der Waals surface area contributed by atoms with Crippen LogP contribution in [0, 0.1) is 11.8 Å². The summed E-state index contributed by atoms with van der Waals surface area (Å²) >= 11 is 0. The van der Waals surface area contributed by atoms with Gasteiger partial charge in [0.2, 0.25) is 0 Å². The Bertz CT molecular complexity index is 147. The second-order valence-corrected chi connectivity index (χ2v) is 5.41. The summed E-state index contributed by atoms with van der Waals surface area (Å²) in [7, 11) is 0. The highest BCUT2D eigenvalue weighted by Gasteiger charge is 2.18. The first-order valence-electron chi connectivity index (χ1n) is 6.84. The molecule has 0 amide bonds. The Hall–Kier alpha value is -0.0400. The second-order valence-electron chi connectivity index (χ2n) is 5.41. The molecule has 1 aliphatic rings. The van der Waals surface area contributed by atoms with Crippen LogP contribution in [0.15, 0.2) is 0 Å². The topological polar surface area (TPSA) is 9.23 Å². The highest BCUT2D eigenvalue weighted by molar-refractivity contribution is 4.68. The van der Waals surface area contributed by atoms with Crippen LogP contribution in [0.1, 0.15) is 65.7 Å². The van der Waals surface area contributed by atoms with Gasteiger partial charge < -0.3 is 4.74 Å². The highest BCUT2D eigenvalue weighted by Crippen LogP contribution is 2.24. The summed E-state index contributed by atoms with van der Waals surface area (Å²) in [6.45, 7) is 7.89. The quantitative estimate of drug-likeness (QED) is 0.634. The normalized spacial score (nSPS) is 29.0. The third kappa shape index (κ3) is 5.55. The molecule has 1 heterocycles. The highest BCUT2D eigenvalue weighted by atomic mass is 16.5. The molecule has 1 fully saturated rings. The lowest BCUT2D eigenvalue weighted by molar-refractivity contribution is -0.00789. The first-order valence-corrected chi connectivity index (χ1v) is 6.84. The Kier molecular flexibility index (Phi) is 6.31. The molecule has 3 unspecified atom stereocenters. The minimum atomic E-state index is 0.514. The minimum absolute atomic E-state index is 0.514. The van der Waals surface area contributed by atoms with Crippen LogP contribution >= 0.6 is 0 Å². The maximum Gasteiger partial charge on any atom is 0.0547 e. The molecule has 3 atom stereocenters. The van der Waals surface area contributed by atoms with Crippen LogP contribution in [0.5, 0.6) is 0 Å². The summed E-state index contributed by atoms with van der Waals surface area (Å²) < 4.78 is 5.70. The monoisotopic (exact) mass is 212 g/mol. The summed E-state index contributed by atoms with van der Waals surface area (Å²) in [6, 6.07) is 0. The van der Waals surface area contributed by atoms with Crippen LogP contribution in [-0.4, -0.2) is 12.7 Å². The van der Waals surface area contributed by atoms with Crippen LogP contribution in [0.4, 0.5) is 0 Å². The second kappa shape index (κ2) is 7.27. The van der Waals surface area contributed by atoms with E-state index in [1.54, 1.807) is 0 Å². The predicted octanol–water partition coefficient (Wildman–Crippen LogP) is 4.41. The molecule has 0 aromatic rings. The van der Waals surface area contributed by atoms with Crippen molar-refractivity contribution in [2.75, 3.05) is 6.61 Å². The van der Waals surface area contributed by atoms with Gasteiger partial charge in [-0.25, -0.2) is 0 Å². The summed E-state index contributed by atoms with van der Waals surface area (Å²) in [5.41, 5.74) is 0. The minimum Gasteiger partial charge on any atom is -0.378 e. The number of hydrogen-bond donors (Lipinski definition) is 0. The van der Waals surface area contributed by atoms with Gasteiger partial charge in [-0.1, -0.05) is 39.5 Å². The van der Waals surface area contributed by atoms with Crippen molar-refractivity contribution in [2.24, 2.45) is 11.8 Å². The number of hydrogen-bond acceptors (Lipinski definition) is 1. The molecule has 0 aromatic heterocycles. The van der Waals surface area contributed by atoms with Crippen molar-refractivity contribution in [3.8, 4) is 0 Å². The van der Waals surface area contributed by atoms with Gasteiger partial charge in [0, 0.05) is 6.61 Å². The fourth-order valence-electron chi connectivity index (χ4n) is 2.56. The molecule has 0 bridgehead atoms. The Balaban J connectivity index is 2.00. The van der Waals surface area contributed by atoms with E-state index in [0.29, 0.717) is 6.10 Å². The van der Waals surface area contributed by atoms with E-state index in [0.717, 1.165) is 18.4 Å². The third-order valence-corrected chi connectivity index (χ3v) is 3.69. The molecule has 0 spiro atoms. The van der Waals surface area contributed by atoms with Crippen molar-refractivity contribution < 1.29 is 4.74 Å². The number of rotatable bonds is 6. The standard InChI is InChI=1S/C14H28O/c1-4-6-12(2)7-5-8-14-10-9-13(3)15-11-14/h12-14H,4-11H2,1-3H3.